The first-order valence-electron chi connectivity index (χ1n) is 6.93. The highest BCUT2D eigenvalue weighted by Gasteiger charge is 2.21. The second kappa shape index (κ2) is 6.78. The van der Waals surface area contributed by atoms with Gasteiger partial charge in [0.2, 0.25) is 0 Å². The Morgan fingerprint density at radius 3 is 1.90 bits per heavy atom. The molecule has 4 heteroatoms. The first-order chi connectivity index (χ1) is 9.97. The quantitative estimate of drug-likeness (QED) is 0.913. The van der Waals surface area contributed by atoms with E-state index in [1.165, 1.54) is 24.3 Å². The van der Waals surface area contributed by atoms with Gasteiger partial charge in [0.25, 0.3) is 0 Å². The zero-order valence-electron chi connectivity index (χ0n) is 12.3. The molecule has 0 amide bonds. The van der Waals surface area contributed by atoms with Gasteiger partial charge in [0.05, 0.1) is 0 Å². The molecule has 2 nitrogen and oxygen atoms in total. The van der Waals surface area contributed by atoms with E-state index < -0.39 is 0 Å². The molecule has 2 unspecified atom stereocenters. The summed E-state index contributed by atoms with van der Waals surface area (Å²) in [6.07, 6.45) is 0. The van der Waals surface area contributed by atoms with E-state index in [0.29, 0.717) is 6.54 Å². The Labute approximate surface area is 124 Å². The highest BCUT2D eigenvalue weighted by atomic mass is 19.1. The molecule has 21 heavy (non-hydrogen) atoms. The first-order valence-corrected chi connectivity index (χ1v) is 6.93. The van der Waals surface area contributed by atoms with Gasteiger partial charge in [-0.15, -0.1) is 0 Å². The molecule has 0 aromatic heterocycles. The summed E-state index contributed by atoms with van der Waals surface area (Å²) in [5, 5.41) is 0. The van der Waals surface area contributed by atoms with Crippen molar-refractivity contribution in [2.75, 3.05) is 7.05 Å². The van der Waals surface area contributed by atoms with E-state index in [9.17, 15) is 8.78 Å². The van der Waals surface area contributed by atoms with E-state index in [4.69, 9.17) is 5.73 Å². The normalized spacial score (nSPS) is 14.2. The fourth-order valence-corrected chi connectivity index (χ4v) is 2.60. The Morgan fingerprint density at radius 2 is 1.43 bits per heavy atom. The lowest BCUT2D eigenvalue weighted by atomic mass is 9.99. The van der Waals surface area contributed by atoms with Gasteiger partial charge in [-0.05, 0) is 49.4 Å². The van der Waals surface area contributed by atoms with Crippen molar-refractivity contribution in [1.29, 1.82) is 0 Å². The standard InChI is InChI=1S/C17H20F2N2/c1-12(20)17(14-5-9-16(19)10-6-14)21(2)11-13-3-7-15(18)8-4-13/h3-10,12,17H,11,20H2,1-2H3. The molecule has 2 atom stereocenters. The summed E-state index contributed by atoms with van der Waals surface area (Å²) in [4.78, 5) is 2.09. The minimum atomic E-state index is -0.261. The van der Waals surface area contributed by atoms with Crippen LogP contribution in [0.25, 0.3) is 0 Å². The summed E-state index contributed by atoms with van der Waals surface area (Å²) >= 11 is 0. The Morgan fingerprint density at radius 1 is 0.952 bits per heavy atom. The van der Waals surface area contributed by atoms with Crippen LogP contribution in [0.2, 0.25) is 0 Å². The van der Waals surface area contributed by atoms with Crippen molar-refractivity contribution in [2.45, 2.75) is 25.6 Å². The molecule has 0 spiro atoms. The summed E-state index contributed by atoms with van der Waals surface area (Å²) in [5.41, 5.74) is 8.06. The second-order valence-corrected chi connectivity index (χ2v) is 5.40. The van der Waals surface area contributed by atoms with Crippen LogP contribution in [0, 0.1) is 11.6 Å². The Balaban J connectivity index is 2.17. The molecule has 2 N–H and O–H groups in total. The molecule has 0 bridgehead atoms. The van der Waals surface area contributed by atoms with E-state index in [-0.39, 0.29) is 23.7 Å². The lowest BCUT2D eigenvalue weighted by molar-refractivity contribution is 0.211. The third kappa shape index (κ3) is 4.09. The van der Waals surface area contributed by atoms with Gasteiger partial charge in [-0.2, -0.15) is 0 Å². The first kappa shape index (κ1) is 15.6. The van der Waals surface area contributed by atoms with Gasteiger partial charge in [0.1, 0.15) is 11.6 Å². The predicted octanol–water partition coefficient (Wildman–Crippen LogP) is 3.49. The molecule has 0 aliphatic heterocycles. The smallest absolute Gasteiger partial charge is 0.123 e. The molecular weight excluding hydrogens is 270 g/mol. The molecule has 0 fully saturated rings. The van der Waals surface area contributed by atoms with Crippen molar-refractivity contribution in [3.8, 4) is 0 Å². The molecule has 0 aliphatic rings. The van der Waals surface area contributed by atoms with E-state index in [1.807, 2.05) is 14.0 Å². The average Bonchev–Trinajstić information content (AvgIpc) is 2.43. The van der Waals surface area contributed by atoms with Crippen LogP contribution in [-0.4, -0.2) is 18.0 Å². The highest BCUT2D eigenvalue weighted by Crippen LogP contribution is 2.24. The Kier molecular flexibility index (Phi) is 5.04. The van der Waals surface area contributed by atoms with Crippen LogP contribution in [0.5, 0.6) is 0 Å². The third-order valence-electron chi connectivity index (χ3n) is 3.53. The van der Waals surface area contributed by atoms with Crippen molar-refractivity contribution in [1.82, 2.24) is 4.90 Å². The largest absolute Gasteiger partial charge is 0.326 e. The topological polar surface area (TPSA) is 29.3 Å². The maximum absolute atomic E-state index is 13.1. The fourth-order valence-electron chi connectivity index (χ4n) is 2.60. The summed E-state index contributed by atoms with van der Waals surface area (Å²) in [6, 6.07) is 12.7. The van der Waals surface area contributed by atoms with Crippen LogP contribution in [0.15, 0.2) is 48.5 Å². The monoisotopic (exact) mass is 290 g/mol. The number of rotatable bonds is 5. The fraction of sp³-hybridized carbons (Fsp3) is 0.294. The molecule has 112 valence electrons. The van der Waals surface area contributed by atoms with E-state index in [2.05, 4.69) is 4.90 Å². The maximum atomic E-state index is 13.1. The van der Waals surface area contributed by atoms with Gasteiger partial charge >= 0.3 is 0 Å². The molecule has 0 heterocycles. The molecule has 0 saturated heterocycles. The lowest BCUT2D eigenvalue weighted by Gasteiger charge is -2.31. The number of halogens is 2. The van der Waals surface area contributed by atoms with Crippen molar-refractivity contribution >= 4 is 0 Å². The zero-order chi connectivity index (χ0) is 15.4. The van der Waals surface area contributed by atoms with Crippen LogP contribution in [0.3, 0.4) is 0 Å². The SMILES string of the molecule is CC(N)C(c1ccc(F)cc1)N(C)Cc1ccc(F)cc1. The number of likely N-dealkylation sites (N-methyl/N-ethyl adjacent to an activating group) is 1. The van der Waals surface area contributed by atoms with Crippen LogP contribution >= 0.6 is 0 Å². The zero-order valence-corrected chi connectivity index (χ0v) is 12.3. The number of hydrogen-bond acceptors (Lipinski definition) is 2. The Bertz CT molecular complexity index is 564. The van der Waals surface area contributed by atoms with Crippen molar-refractivity contribution in [3.63, 3.8) is 0 Å². The van der Waals surface area contributed by atoms with E-state index >= 15 is 0 Å². The second-order valence-electron chi connectivity index (χ2n) is 5.40. The average molecular weight is 290 g/mol. The summed E-state index contributed by atoms with van der Waals surface area (Å²) in [5.74, 6) is -0.507. The third-order valence-corrected chi connectivity index (χ3v) is 3.53. The number of benzene rings is 2. The minimum Gasteiger partial charge on any atom is -0.326 e. The molecular formula is C17H20F2N2. The van der Waals surface area contributed by atoms with Gasteiger partial charge < -0.3 is 5.73 Å². The highest BCUT2D eigenvalue weighted by molar-refractivity contribution is 5.22. The lowest BCUT2D eigenvalue weighted by Crippen LogP contribution is -2.36. The van der Waals surface area contributed by atoms with Crippen LogP contribution in [0.4, 0.5) is 8.78 Å². The summed E-state index contributed by atoms with van der Waals surface area (Å²) in [6.45, 7) is 2.57. The van der Waals surface area contributed by atoms with Crippen molar-refractivity contribution < 1.29 is 8.78 Å². The van der Waals surface area contributed by atoms with Gasteiger partial charge in [0.15, 0.2) is 0 Å². The van der Waals surface area contributed by atoms with Gasteiger partial charge in [0, 0.05) is 18.6 Å². The van der Waals surface area contributed by atoms with Gasteiger partial charge in [-0.1, -0.05) is 24.3 Å². The molecule has 0 aliphatic carbocycles. The van der Waals surface area contributed by atoms with Crippen LogP contribution in [-0.2, 0) is 6.54 Å². The molecule has 2 aromatic rings. The Hall–Kier alpha value is -1.78. The van der Waals surface area contributed by atoms with E-state index in [0.717, 1.165) is 11.1 Å². The number of hydrogen-bond donors (Lipinski definition) is 1. The summed E-state index contributed by atoms with van der Waals surface area (Å²) < 4.78 is 26.0. The minimum absolute atomic E-state index is 0.0318. The van der Waals surface area contributed by atoms with E-state index in [1.54, 1.807) is 24.3 Å². The van der Waals surface area contributed by atoms with Crippen molar-refractivity contribution in [2.24, 2.45) is 5.73 Å². The van der Waals surface area contributed by atoms with Gasteiger partial charge in [-0.25, -0.2) is 8.78 Å². The number of nitrogens with two attached hydrogens (primary N) is 1. The molecule has 0 saturated carbocycles. The predicted molar refractivity (Wildman–Crippen MR) is 80.7 cm³/mol. The molecule has 2 aromatic carbocycles. The summed E-state index contributed by atoms with van der Waals surface area (Å²) in [7, 11) is 1.96. The van der Waals surface area contributed by atoms with Crippen LogP contribution < -0.4 is 5.73 Å². The number of nitrogens with zero attached hydrogens (tertiary/aromatic N) is 1. The van der Waals surface area contributed by atoms with Crippen molar-refractivity contribution in [3.05, 3.63) is 71.3 Å². The molecule has 0 radical (unpaired) electrons. The molecule has 2 rings (SSSR count). The van der Waals surface area contributed by atoms with Gasteiger partial charge in [-0.3, -0.25) is 4.90 Å². The van der Waals surface area contributed by atoms with Crippen LogP contribution in [0.1, 0.15) is 24.1 Å². The maximum Gasteiger partial charge on any atom is 0.123 e.